The lowest BCUT2D eigenvalue weighted by atomic mass is 9.99. The van der Waals surface area contributed by atoms with Gasteiger partial charge in [-0.25, -0.2) is 0 Å². The average Bonchev–Trinajstić information content (AvgIpc) is 2.40. The quantitative estimate of drug-likeness (QED) is 0.594. The largest absolute Gasteiger partial charge is 0.394 e. The average molecular weight is 271 g/mol. The molecule has 1 heterocycles. The topological polar surface area (TPSA) is 95.9 Å². The van der Waals surface area contributed by atoms with E-state index in [2.05, 4.69) is 0 Å². The number of ether oxygens (including phenoxy) is 1. The third-order valence-electron chi connectivity index (χ3n) is 2.92. The van der Waals surface area contributed by atoms with E-state index in [1.165, 1.54) is 11.8 Å². The standard InChI is InChI=1S/C12H17NO4S/c13-9-11(16)10(15)8(6-14)17-12(9)18-7-4-2-1-3-5-7/h1-5,8-12,14-16H,6,13H2/t8-,9-,10-,11-,12-/m1/s1. The number of aliphatic hydroxyl groups is 3. The molecule has 0 aromatic heterocycles. The van der Waals surface area contributed by atoms with Crippen molar-refractivity contribution in [2.45, 2.75) is 34.7 Å². The highest BCUT2D eigenvalue weighted by molar-refractivity contribution is 7.99. The SMILES string of the molecule is N[C@@H]1[C@@H](O)[C@H](O)[C@@H](CO)O[C@@H]1Sc1ccccc1. The number of rotatable bonds is 3. The Morgan fingerprint density at radius 3 is 2.44 bits per heavy atom. The Balaban J connectivity index is 2.08. The second kappa shape index (κ2) is 6.01. The van der Waals surface area contributed by atoms with E-state index in [1.807, 2.05) is 30.3 Å². The summed E-state index contributed by atoms with van der Waals surface area (Å²) in [6.45, 7) is -0.350. The molecule has 5 nitrogen and oxygen atoms in total. The molecule has 6 heteroatoms. The van der Waals surface area contributed by atoms with E-state index in [-0.39, 0.29) is 6.61 Å². The van der Waals surface area contributed by atoms with Crippen LogP contribution in [0.15, 0.2) is 35.2 Å². The van der Waals surface area contributed by atoms with Crippen LogP contribution in [0.3, 0.4) is 0 Å². The van der Waals surface area contributed by atoms with Crippen LogP contribution in [0.5, 0.6) is 0 Å². The van der Waals surface area contributed by atoms with Crippen molar-refractivity contribution >= 4 is 11.8 Å². The van der Waals surface area contributed by atoms with Crippen molar-refractivity contribution in [2.75, 3.05) is 6.61 Å². The minimum atomic E-state index is -1.15. The molecule has 0 unspecified atom stereocenters. The highest BCUT2D eigenvalue weighted by Crippen LogP contribution is 2.32. The van der Waals surface area contributed by atoms with Gasteiger partial charge >= 0.3 is 0 Å². The van der Waals surface area contributed by atoms with Crippen LogP contribution in [0.2, 0.25) is 0 Å². The number of hydrogen-bond donors (Lipinski definition) is 4. The molecule has 1 saturated heterocycles. The third-order valence-corrected chi connectivity index (χ3v) is 4.13. The third kappa shape index (κ3) is 2.85. The van der Waals surface area contributed by atoms with Gasteiger partial charge in [0.15, 0.2) is 0 Å². The normalized spacial score (nSPS) is 36.6. The zero-order chi connectivity index (χ0) is 13.1. The first kappa shape index (κ1) is 13.8. The molecule has 1 fully saturated rings. The predicted molar refractivity (Wildman–Crippen MR) is 68.0 cm³/mol. The summed E-state index contributed by atoms with van der Waals surface area (Å²) in [6.07, 6.45) is -3.06. The number of aliphatic hydroxyl groups excluding tert-OH is 3. The Hall–Kier alpha value is -0.630. The summed E-state index contributed by atoms with van der Waals surface area (Å²) in [5.74, 6) is 0. The molecule has 0 radical (unpaired) electrons. The summed E-state index contributed by atoms with van der Waals surface area (Å²) in [4.78, 5) is 0.957. The Morgan fingerprint density at radius 2 is 1.83 bits per heavy atom. The lowest BCUT2D eigenvalue weighted by Gasteiger charge is -2.40. The summed E-state index contributed by atoms with van der Waals surface area (Å²) in [5.41, 5.74) is 5.34. The van der Waals surface area contributed by atoms with Crippen molar-refractivity contribution in [3.05, 3.63) is 30.3 Å². The van der Waals surface area contributed by atoms with Crippen LogP contribution < -0.4 is 5.73 Å². The summed E-state index contributed by atoms with van der Waals surface area (Å²) >= 11 is 1.37. The lowest BCUT2D eigenvalue weighted by Crippen LogP contribution is -2.60. The summed E-state index contributed by atoms with van der Waals surface area (Å²) in [5, 5.41) is 28.6. The molecule has 1 aromatic rings. The Morgan fingerprint density at radius 1 is 1.17 bits per heavy atom. The maximum Gasteiger partial charge on any atom is 0.126 e. The molecule has 18 heavy (non-hydrogen) atoms. The first-order chi connectivity index (χ1) is 8.63. The highest BCUT2D eigenvalue weighted by Gasteiger charge is 2.42. The number of nitrogens with two attached hydrogens (primary N) is 1. The summed E-state index contributed by atoms with van der Waals surface area (Å²) in [6, 6.07) is 8.81. The van der Waals surface area contributed by atoms with Gasteiger partial charge in [-0.2, -0.15) is 0 Å². The molecule has 5 N–H and O–H groups in total. The molecule has 0 spiro atoms. The smallest absolute Gasteiger partial charge is 0.126 e. The van der Waals surface area contributed by atoms with E-state index in [1.54, 1.807) is 0 Å². The molecule has 1 aliphatic heterocycles. The fourth-order valence-corrected chi connectivity index (χ4v) is 2.94. The van der Waals surface area contributed by atoms with E-state index in [0.717, 1.165) is 4.90 Å². The molecule has 0 amide bonds. The minimum absolute atomic E-state index is 0.350. The van der Waals surface area contributed by atoms with Crippen LogP contribution in [0, 0.1) is 0 Å². The highest BCUT2D eigenvalue weighted by atomic mass is 32.2. The van der Waals surface area contributed by atoms with Gasteiger partial charge in [0.25, 0.3) is 0 Å². The van der Waals surface area contributed by atoms with Gasteiger partial charge in [-0.1, -0.05) is 30.0 Å². The molecule has 0 saturated carbocycles. The van der Waals surface area contributed by atoms with Crippen LogP contribution in [0.25, 0.3) is 0 Å². The maximum atomic E-state index is 9.82. The molecule has 0 aliphatic carbocycles. The van der Waals surface area contributed by atoms with Gasteiger partial charge in [0.1, 0.15) is 23.7 Å². The predicted octanol–water partition coefficient (Wildman–Crippen LogP) is -0.455. The second-order valence-corrected chi connectivity index (χ2v) is 5.39. The lowest BCUT2D eigenvalue weighted by molar-refractivity contribution is -0.165. The van der Waals surface area contributed by atoms with Crippen molar-refractivity contribution in [3.63, 3.8) is 0 Å². The monoisotopic (exact) mass is 271 g/mol. The molecule has 0 bridgehead atoms. The van der Waals surface area contributed by atoms with E-state index in [9.17, 15) is 10.2 Å². The van der Waals surface area contributed by atoms with Gasteiger partial charge in [-0.3, -0.25) is 0 Å². The van der Waals surface area contributed by atoms with Crippen molar-refractivity contribution in [1.29, 1.82) is 0 Å². The van der Waals surface area contributed by atoms with Gasteiger partial charge in [-0.05, 0) is 12.1 Å². The molecule has 1 aliphatic rings. The fourth-order valence-electron chi connectivity index (χ4n) is 1.84. The molecular weight excluding hydrogens is 254 g/mol. The van der Waals surface area contributed by atoms with Gasteiger partial charge in [-0.15, -0.1) is 0 Å². The summed E-state index contributed by atoms with van der Waals surface area (Å²) < 4.78 is 5.51. The van der Waals surface area contributed by atoms with Gasteiger partial charge < -0.3 is 25.8 Å². The van der Waals surface area contributed by atoms with Crippen LogP contribution in [0.1, 0.15) is 0 Å². The minimum Gasteiger partial charge on any atom is -0.394 e. The zero-order valence-electron chi connectivity index (χ0n) is 9.72. The van der Waals surface area contributed by atoms with Crippen LogP contribution >= 0.6 is 11.8 Å². The van der Waals surface area contributed by atoms with Gasteiger partial charge in [0.2, 0.25) is 0 Å². The fraction of sp³-hybridized carbons (Fsp3) is 0.500. The van der Waals surface area contributed by atoms with Crippen molar-refractivity contribution in [1.82, 2.24) is 0 Å². The van der Waals surface area contributed by atoms with Crippen molar-refractivity contribution in [3.8, 4) is 0 Å². The van der Waals surface area contributed by atoms with Crippen LogP contribution in [0.4, 0.5) is 0 Å². The van der Waals surface area contributed by atoms with Crippen molar-refractivity contribution < 1.29 is 20.1 Å². The van der Waals surface area contributed by atoms with E-state index in [4.69, 9.17) is 15.6 Å². The number of benzene rings is 1. The first-order valence-electron chi connectivity index (χ1n) is 5.73. The number of thioether (sulfide) groups is 1. The van der Waals surface area contributed by atoms with Gasteiger partial charge in [0, 0.05) is 4.90 Å². The Bertz CT molecular complexity index is 376. The Kier molecular flexibility index (Phi) is 4.60. The van der Waals surface area contributed by atoms with Gasteiger partial charge in [0.05, 0.1) is 12.6 Å². The molecule has 100 valence electrons. The Labute approximate surface area is 110 Å². The summed E-state index contributed by atoms with van der Waals surface area (Å²) in [7, 11) is 0. The van der Waals surface area contributed by atoms with E-state index < -0.39 is 29.8 Å². The van der Waals surface area contributed by atoms with Crippen LogP contribution in [-0.4, -0.2) is 51.7 Å². The molecule has 5 atom stereocenters. The zero-order valence-corrected chi connectivity index (χ0v) is 10.5. The van der Waals surface area contributed by atoms with Crippen LogP contribution in [-0.2, 0) is 4.74 Å². The first-order valence-corrected chi connectivity index (χ1v) is 6.61. The molecule has 2 rings (SSSR count). The second-order valence-electron chi connectivity index (χ2n) is 4.21. The van der Waals surface area contributed by atoms with E-state index in [0.29, 0.717) is 0 Å². The molecule has 1 aromatic carbocycles. The van der Waals surface area contributed by atoms with Crippen molar-refractivity contribution in [2.24, 2.45) is 5.73 Å². The molecular formula is C12H17NO4S. The number of hydrogen-bond acceptors (Lipinski definition) is 6. The maximum absolute atomic E-state index is 9.82. The van der Waals surface area contributed by atoms with E-state index >= 15 is 0 Å².